The largest absolute Gasteiger partial charge is 0.476 e. The molecule has 0 aliphatic carbocycles. The molecule has 0 saturated heterocycles. The minimum Gasteiger partial charge on any atom is -0.476 e. The Morgan fingerprint density at radius 2 is 1.97 bits per heavy atom. The van der Waals surface area contributed by atoms with Crippen LogP contribution in [0.2, 0.25) is 0 Å². The number of carbonyl (C=O) groups excluding carboxylic acids is 1. The summed E-state index contributed by atoms with van der Waals surface area (Å²) in [7, 11) is 0. The zero-order chi connectivity index (χ0) is 26.7. The lowest BCUT2D eigenvalue weighted by Crippen LogP contribution is -2.60. The van der Waals surface area contributed by atoms with Crippen LogP contribution in [0.4, 0.5) is 38.4 Å². The number of nitrogens with one attached hydrogen (secondary N) is 1. The third-order valence-electron chi connectivity index (χ3n) is 5.08. The molecule has 11 nitrogen and oxygen atoms in total. The van der Waals surface area contributed by atoms with Gasteiger partial charge in [-0.2, -0.15) is 18.2 Å². The summed E-state index contributed by atoms with van der Waals surface area (Å²) in [6, 6.07) is 2.00. The maximum atomic E-state index is 14.6. The molecular weight excluding hydrogens is 497 g/mol. The first-order valence-corrected chi connectivity index (χ1v) is 10.3. The Morgan fingerprint density at radius 3 is 2.58 bits per heavy atom. The molecule has 3 heterocycles. The fourth-order valence-corrected chi connectivity index (χ4v) is 2.97. The number of aromatic nitrogens is 3. The van der Waals surface area contributed by atoms with Crippen LogP contribution in [0.3, 0.4) is 0 Å². The van der Waals surface area contributed by atoms with Crippen molar-refractivity contribution < 1.29 is 41.0 Å². The van der Waals surface area contributed by atoms with E-state index in [1.54, 1.807) is 0 Å². The number of anilines is 2. The van der Waals surface area contributed by atoms with Crippen LogP contribution < -0.4 is 26.3 Å². The molecular formula is C20H22F5N7O4. The number of nitrogens with zero attached hydrogens (tertiary/aromatic N) is 4. The quantitative estimate of drug-likeness (QED) is 0.369. The summed E-state index contributed by atoms with van der Waals surface area (Å²) in [6.45, 7) is 0.742. The number of pyridine rings is 1. The van der Waals surface area contributed by atoms with Crippen molar-refractivity contribution in [1.29, 1.82) is 0 Å². The molecule has 196 valence electrons. The maximum absolute atomic E-state index is 14.6. The van der Waals surface area contributed by atoms with Gasteiger partial charge in [0.05, 0.1) is 26.1 Å². The summed E-state index contributed by atoms with van der Waals surface area (Å²) in [5.74, 6) is -2.76. The van der Waals surface area contributed by atoms with Crippen LogP contribution in [-0.2, 0) is 10.3 Å². The van der Waals surface area contributed by atoms with Crippen molar-refractivity contribution in [2.45, 2.75) is 37.6 Å². The number of amidine groups is 1. The number of nitrogen functional groups attached to an aromatic ring is 1. The van der Waals surface area contributed by atoms with Gasteiger partial charge in [-0.05, 0) is 26.0 Å². The summed E-state index contributed by atoms with van der Waals surface area (Å²) < 4.78 is 81.8. The van der Waals surface area contributed by atoms with Crippen molar-refractivity contribution in [3.05, 3.63) is 29.8 Å². The summed E-state index contributed by atoms with van der Waals surface area (Å²) in [5.41, 5.74) is 6.21. The van der Waals surface area contributed by atoms with Crippen LogP contribution in [0.1, 0.15) is 26.0 Å². The number of alkyl halides is 4. The van der Waals surface area contributed by atoms with Crippen LogP contribution in [-0.4, -0.2) is 58.5 Å². The molecule has 1 amide bonds. The average Bonchev–Trinajstić information content (AvgIpc) is 2.79. The van der Waals surface area contributed by atoms with Crippen molar-refractivity contribution >= 4 is 23.6 Å². The summed E-state index contributed by atoms with van der Waals surface area (Å²) in [5, 5.41) is 2.21. The molecule has 36 heavy (non-hydrogen) atoms. The number of amides is 1. The zero-order valence-corrected chi connectivity index (χ0v) is 19.0. The van der Waals surface area contributed by atoms with E-state index in [1.165, 1.54) is 6.92 Å². The molecule has 2 unspecified atom stereocenters. The van der Waals surface area contributed by atoms with Gasteiger partial charge in [-0.1, -0.05) is 0 Å². The van der Waals surface area contributed by atoms with E-state index in [2.05, 4.69) is 25.3 Å². The van der Waals surface area contributed by atoms with E-state index >= 15 is 0 Å². The van der Waals surface area contributed by atoms with Crippen LogP contribution in [0.25, 0.3) is 0 Å². The molecule has 2 aromatic heterocycles. The van der Waals surface area contributed by atoms with E-state index in [0.29, 0.717) is 6.92 Å². The Labute approximate surface area is 201 Å². The van der Waals surface area contributed by atoms with E-state index in [0.717, 1.165) is 18.3 Å². The molecule has 2 aromatic rings. The number of aliphatic imine (C=N–C) groups is 1. The minimum atomic E-state index is -4.86. The molecule has 0 fully saturated rings. The van der Waals surface area contributed by atoms with Crippen LogP contribution in [0.15, 0.2) is 23.3 Å². The van der Waals surface area contributed by atoms with Crippen LogP contribution >= 0.6 is 0 Å². The number of nitrogens with two attached hydrogens (primary N) is 2. The fraction of sp³-hybridized carbons (Fsp3) is 0.450. The first-order chi connectivity index (χ1) is 16.8. The van der Waals surface area contributed by atoms with E-state index in [-0.39, 0.29) is 36.4 Å². The topological polar surface area (TPSA) is 160 Å². The van der Waals surface area contributed by atoms with Crippen molar-refractivity contribution in [3.63, 3.8) is 0 Å². The van der Waals surface area contributed by atoms with Gasteiger partial charge in [-0.3, -0.25) is 14.7 Å². The second-order valence-electron chi connectivity index (χ2n) is 7.92. The van der Waals surface area contributed by atoms with Gasteiger partial charge in [0.15, 0.2) is 5.82 Å². The lowest BCUT2D eigenvalue weighted by molar-refractivity contribution is -0.249. The highest BCUT2D eigenvalue weighted by atomic mass is 19.4. The molecule has 0 bridgehead atoms. The van der Waals surface area contributed by atoms with Gasteiger partial charge in [0.1, 0.15) is 28.7 Å². The van der Waals surface area contributed by atoms with Gasteiger partial charge in [0.2, 0.25) is 11.5 Å². The van der Waals surface area contributed by atoms with E-state index in [9.17, 15) is 26.7 Å². The SMILES string of the molecule is CC1(c2nc(NC(=O)Oc3ncc(OCCCF)nc3N)ccc2F)COC(C)(C(F)(F)F)C(N)=N1. The highest BCUT2D eigenvalue weighted by Gasteiger charge is 2.59. The van der Waals surface area contributed by atoms with Crippen molar-refractivity contribution in [2.24, 2.45) is 10.7 Å². The fourth-order valence-electron chi connectivity index (χ4n) is 2.97. The Kier molecular flexibility index (Phi) is 7.47. The van der Waals surface area contributed by atoms with Crippen molar-refractivity contribution in [1.82, 2.24) is 15.0 Å². The number of hydrogen-bond donors (Lipinski definition) is 3. The number of halogens is 5. The average molecular weight is 519 g/mol. The van der Waals surface area contributed by atoms with E-state index in [1.807, 2.05) is 0 Å². The smallest absolute Gasteiger partial charge is 0.424 e. The lowest BCUT2D eigenvalue weighted by atomic mass is 9.93. The molecule has 1 aliphatic heterocycles. The predicted molar refractivity (Wildman–Crippen MR) is 116 cm³/mol. The highest BCUT2D eigenvalue weighted by Crippen LogP contribution is 2.41. The highest BCUT2D eigenvalue weighted by molar-refractivity contribution is 5.90. The van der Waals surface area contributed by atoms with Crippen molar-refractivity contribution in [2.75, 3.05) is 30.9 Å². The second-order valence-corrected chi connectivity index (χ2v) is 7.92. The van der Waals surface area contributed by atoms with Gasteiger partial charge in [0, 0.05) is 6.42 Å². The third kappa shape index (κ3) is 5.53. The van der Waals surface area contributed by atoms with Gasteiger partial charge >= 0.3 is 12.3 Å². The molecule has 0 spiro atoms. The number of ether oxygens (including phenoxy) is 3. The zero-order valence-electron chi connectivity index (χ0n) is 19.0. The van der Waals surface area contributed by atoms with Crippen LogP contribution in [0.5, 0.6) is 11.8 Å². The monoisotopic (exact) mass is 519 g/mol. The summed E-state index contributed by atoms with van der Waals surface area (Å²) in [6.07, 6.45) is -4.75. The molecule has 5 N–H and O–H groups in total. The standard InChI is InChI=1S/C20H22F5N7O4/c1-18(9-35-19(2,16(27)32-18)20(23,24)25)13-10(22)4-5-11(29-13)30-17(33)36-15-14(26)31-12(8-28-15)34-7-3-6-21/h4-5,8H,3,6-7,9H2,1-2H3,(H2,26,31)(H2,27,32)(H,29,30,33). The van der Waals surface area contributed by atoms with E-state index < -0.39 is 54.0 Å². The first kappa shape index (κ1) is 26.8. The number of rotatable bonds is 7. The molecule has 0 saturated carbocycles. The number of carbonyl (C=O) groups is 1. The number of hydrogen-bond acceptors (Lipinski definition) is 10. The second kappa shape index (κ2) is 10.0. The lowest BCUT2D eigenvalue weighted by Gasteiger charge is -2.40. The Balaban J connectivity index is 1.76. The normalized spacial score (nSPS) is 22.0. The van der Waals surface area contributed by atoms with E-state index in [4.69, 9.17) is 25.7 Å². The Hall–Kier alpha value is -3.82. The maximum Gasteiger partial charge on any atom is 0.424 e. The third-order valence-corrected chi connectivity index (χ3v) is 5.08. The molecule has 2 atom stereocenters. The molecule has 3 rings (SSSR count). The predicted octanol–water partition coefficient (Wildman–Crippen LogP) is 2.87. The van der Waals surface area contributed by atoms with Gasteiger partial charge in [-0.15, -0.1) is 0 Å². The van der Waals surface area contributed by atoms with Gasteiger partial charge in [-0.25, -0.2) is 19.2 Å². The molecule has 0 radical (unpaired) electrons. The molecule has 16 heteroatoms. The summed E-state index contributed by atoms with van der Waals surface area (Å²) >= 11 is 0. The van der Waals surface area contributed by atoms with Gasteiger partial charge in [0.25, 0.3) is 5.88 Å². The summed E-state index contributed by atoms with van der Waals surface area (Å²) in [4.78, 5) is 27.7. The van der Waals surface area contributed by atoms with Gasteiger partial charge < -0.3 is 25.7 Å². The van der Waals surface area contributed by atoms with Crippen LogP contribution in [0, 0.1) is 5.82 Å². The Morgan fingerprint density at radius 1 is 1.25 bits per heavy atom. The molecule has 1 aliphatic rings. The van der Waals surface area contributed by atoms with Crippen molar-refractivity contribution in [3.8, 4) is 11.8 Å². The minimum absolute atomic E-state index is 0.0112. The first-order valence-electron chi connectivity index (χ1n) is 10.3. The molecule has 0 aromatic carbocycles. The Bertz CT molecular complexity index is 1170.